The van der Waals surface area contributed by atoms with Crippen LogP contribution in [0.25, 0.3) is 11.0 Å². The van der Waals surface area contributed by atoms with Gasteiger partial charge in [-0.25, -0.2) is 13.4 Å². The molecule has 0 radical (unpaired) electrons. The predicted molar refractivity (Wildman–Crippen MR) is 78.1 cm³/mol. The first kappa shape index (κ1) is 14.1. The van der Waals surface area contributed by atoms with Gasteiger partial charge in [0.15, 0.2) is 9.84 Å². The first-order valence-corrected chi connectivity index (χ1v) is 8.16. The molecule has 0 amide bonds. The van der Waals surface area contributed by atoms with Crippen molar-refractivity contribution in [2.75, 3.05) is 5.75 Å². The van der Waals surface area contributed by atoms with E-state index in [4.69, 9.17) is 0 Å². The molecule has 4 nitrogen and oxygen atoms in total. The Bertz CT molecular complexity index is 700. The van der Waals surface area contributed by atoms with Gasteiger partial charge < -0.3 is 4.57 Å². The molecular formula is C14H20N2O2S. The summed E-state index contributed by atoms with van der Waals surface area (Å²) in [5, 5.41) is -0.328. The highest BCUT2D eigenvalue weighted by Crippen LogP contribution is 2.18. The lowest BCUT2D eigenvalue weighted by molar-refractivity contribution is 0.581. The van der Waals surface area contributed by atoms with Gasteiger partial charge in [0.05, 0.1) is 28.4 Å². The quantitative estimate of drug-likeness (QED) is 0.864. The van der Waals surface area contributed by atoms with Crippen LogP contribution in [-0.4, -0.2) is 29.0 Å². The lowest BCUT2D eigenvalue weighted by Gasteiger charge is -2.09. The molecule has 104 valence electrons. The molecule has 0 aliphatic carbocycles. The fraction of sp³-hybridized carbons (Fsp3) is 0.500. The van der Waals surface area contributed by atoms with E-state index in [1.54, 1.807) is 20.2 Å². The number of fused-ring (bicyclic) bond motifs is 1. The Balaban J connectivity index is 2.30. The van der Waals surface area contributed by atoms with Crippen molar-refractivity contribution in [2.45, 2.75) is 39.5 Å². The fourth-order valence-corrected chi connectivity index (χ4v) is 2.88. The molecule has 1 aromatic heterocycles. The molecule has 5 heteroatoms. The lowest BCUT2D eigenvalue weighted by atomic mass is 10.1. The van der Waals surface area contributed by atoms with Gasteiger partial charge in [0.2, 0.25) is 0 Å². The first-order valence-electron chi connectivity index (χ1n) is 6.45. The maximum Gasteiger partial charge on any atom is 0.154 e. The molecule has 0 aliphatic rings. The minimum absolute atomic E-state index is 0.156. The molecule has 0 spiro atoms. The van der Waals surface area contributed by atoms with E-state index in [0.29, 0.717) is 6.54 Å². The molecular weight excluding hydrogens is 260 g/mol. The molecule has 19 heavy (non-hydrogen) atoms. The van der Waals surface area contributed by atoms with E-state index in [0.717, 1.165) is 11.0 Å². The van der Waals surface area contributed by atoms with Crippen LogP contribution in [0.2, 0.25) is 0 Å². The van der Waals surface area contributed by atoms with E-state index in [-0.39, 0.29) is 11.0 Å². The van der Waals surface area contributed by atoms with Gasteiger partial charge in [-0.1, -0.05) is 0 Å². The second-order valence-electron chi connectivity index (χ2n) is 5.28. The van der Waals surface area contributed by atoms with Crippen LogP contribution >= 0.6 is 0 Å². The first-order chi connectivity index (χ1) is 8.81. The highest BCUT2D eigenvalue weighted by Gasteiger charge is 2.16. The molecule has 0 atom stereocenters. The van der Waals surface area contributed by atoms with E-state index in [1.165, 1.54) is 11.1 Å². The van der Waals surface area contributed by atoms with Gasteiger partial charge in [0, 0.05) is 6.54 Å². The molecule has 0 fully saturated rings. The highest BCUT2D eigenvalue weighted by atomic mass is 32.2. The number of hydrogen-bond acceptors (Lipinski definition) is 3. The molecule has 0 N–H and O–H groups in total. The van der Waals surface area contributed by atoms with Gasteiger partial charge >= 0.3 is 0 Å². The second kappa shape index (κ2) is 4.96. The molecule has 0 unspecified atom stereocenters. The predicted octanol–water partition coefficient (Wildman–Crippen LogP) is 2.48. The average molecular weight is 280 g/mol. The van der Waals surface area contributed by atoms with Crippen LogP contribution in [0.1, 0.15) is 25.0 Å². The SMILES string of the molecule is Cc1cc2ncn(CCS(=O)(=O)C(C)C)c2cc1C. The Morgan fingerprint density at radius 2 is 1.84 bits per heavy atom. The average Bonchev–Trinajstić information content (AvgIpc) is 2.69. The van der Waals surface area contributed by atoms with Crippen molar-refractivity contribution in [1.82, 2.24) is 9.55 Å². The molecule has 2 rings (SSSR count). The van der Waals surface area contributed by atoms with Crippen molar-refractivity contribution in [3.63, 3.8) is 0 Å². The van der Waals surface area contributed by atoms with Gasteiger partial charge in [-0.15, -0.1) is 0 Å². The number of aryl methyl sites for hydroxylation is 3. The number of imidazole rings is 1. The normalized spacial score (nSPS) is 12.5. The Labute approximate surface area is 114 Å². The van der Waals surface area contributed by atoms with Crippen LogP contribution in [0.5, 0.6) is 0 Å². The summed E-state index contributed by atoms with van der Waals surface area (Å²) in [5.74, 6) is 0.156. The van der Waals surface area contributed by atoms with Crippen LogP contribution in [-0.2, 0) is 16.4 Å². The summed E-state index contributed by atoms with van der Waals surface area (Å²) in [6.07, 6.45) is 1.72. The highest BCUT2D eigenvalue weighted by molar-refractivity contribution is 7.91. The van der Waals surface area contributed by atoms with Crippen LogP contribution in [0, 0.1) is 13.8 Å². The van der Waals surface area contributed by atoms with Crippen molar-refractivity contribution in [3.8, 4) is 0 Å². The molecule has 0 saturated carbocycles. The number of nitrogens with zero attached hydrogens (tertiary/aromatic N) is 2. The van der Waals surface area contributed by atoms with Crippen LogP contribution in [0.15, 0.2) is 18.5 Å². The lowest BCUT2D eigenvalue weighted by Crippen LogP contribution is -2.20. The number of rotatable bonds is 4. The number of benzene rings is 1. The summed E-state index contributed by atoms with van der Waals surface area (Å²) in [5.41, 5.74) is 4.32. The zero-order valence-electron chi connectivity index (χ0n) is 11.8. The second-order valence-corrected chi connectivity index (χ2v) is 7.96. The minimum Gasteiger partial charge on any atom is -0.330 e. The number of hydrogen-bond donors (Lipinski definition) is 0. The maximum absolute atomic E-state index is 11.8. The Hall–Kier alpha value is -1.36. The molecule has 1 aromatic carbocycles. The Kier molecular flexibility index (Phi) is 3.67. The fourth-order valence-electron chi connectivity index (χ4n) is 1.95. The van der Waals surface area contributed by atoms with Gasteiger partial charge in [-0.2, -0.15) is 0 Å². The Morgan fingerprint density at radius 3 is 2.47 bits per heavy atom. The minimum atomic E-state index is -3.01. The molecule has 2 aromatic rings. The molecule has 0 aliphatic heterocycles. The number of sulfone groups is 1. The van der Waals surface area contributed by atoms with Gasteiger partial charge in [-0.05, 0) is 51.0 Å². The molecule has 0 bridgehead atoms. The van der Waals surface area contributed by atoms with Crippen LogP contribution in [0.3, 0.4) is 0 Å². The molecule has 0 saturated heterocycles. The zero-order valence-corrected chi connectivity index (χ0v) is 12.7. The third-order valence-electron chi connectivity index (χ3n) is 3.57. The summed E-state index contributed by atoms with van der Waals surface area (Å²) in [6.45, 7) is 8.00. The zero-order chi connectivity index (χ0) is 14.2. The number of aromatic nitrogens is 2. The maximum atomic E-state index is 11.8. The van der Waals surface area contributed by atoms with Crippen LogP contribution < -0.4 is 0 Å². The van der Waals surface area contributed by atoms with E-state index >= 15 is 0 Å². The Morgan fingerprint density at radius 1 is 1.21 bits per heavy atom. The van der Waals surface area contributed by atoms with Crippen molar-refractivity contribution < 1.29 is 8.42 Å². The van der Waals surface area contributed by atoms with Crippen molar-refractivity contribution in [1.29, 1.82) is 0 Å². The summed E-state index contributed by atoms with van der Waals surface area (Å²) >= 11 is 0. The summed E-state index contributed by atoms with van der Waals surface area (Å²) < 4.78 is 25.6. The monoisotopic (exact) mass is 280 g/mol. The van der Waals surface area contributed by atoms with E-state index in [9.17, 15) is 8.42 Å². The van der Waals surface area contributed by atoms with E-state index in [1.807, 2.05) is 10.6 Å². The third-order valence-corrected chi connectivity index (χ3v) is 5.76. The topological polar surface area (TPSA) is 52.0 Å². The van der Waals surface area contributed by atoms with Gasteiger partial charge in [-0.3, -0.25) is 0 Å². The smallest absolute Gasteiger partial charge is 0.154 e. The van der Waals surface area contributed by atoms with Gasteiger partial charge in [0.25, 0.3) is 0 Å². The van der Waals surface area contributed by atoms with Crippen molar-refractivity contribution >= 4 is 20.9 Å². The summed E-state index contributed by atoms with van der Waals surface area (Å²) in [6, 6.07) is 4.11. The summed E-state index contributed by atoms with van der Waals surface area (Å²) in [4.78, 5) is 4.33. The van der Waals surface area contributed by atoms with Crippen molar-refractivity contribution in [3.05, 3.63) is 29.6 Å². The van der Waals surface area contributed by atoms with E-state index in [2.05, 4.69) is 24.9 Å². The van der Waals surface area contributed by atoms with Gasteiger partial charge in [0.1, 0.15) is 0 Å². The van der Waals surface area contributed by atoms with E-state index < -0.39 is 9.84 Å². The van der Waals surface area contributed by atoms with Crippen LogP contribution in [0.4, 0.5) is 0 Å². The van der Waals surface area contributed by atoms with Crippen molar-refractivity contribution in [2.24, 2.45) is 0 Å². The standard InChI is InChI=1S/C14H20N2O2S/c1-10(2)19(17,18)6-5-16-9-15-13-7-11(3)12(4)8-14(13)16/h7-10H,5-6H2,1-4H3. The largest absolute Gasteiger partial charge is 0.330 e. The summed E-state index contributed by atoms with van der Waals surface area (Å²) in [7, 11) is -3.01. The molecule has 1 heterocycles. The third kappa shape index (κ3) is 2.81.